The van der Waals surface area contributed by atoms with Crippen LogP contribution in [0.25, 0.3) is 11.1 Å². The largest absolute Gasteiger partial charge is 0.369 e. The molecule has 4 nitrogen and oxygen atoms in total. The monoisotopic (exact) mass is 378 g/mol. The quantitative estimate of drug-likeness (QED) is 0.825. The molecule has 2 aromatic carbocycles. The molecule has 0 radical (unpaired) electrons. The Morgan fingerprint density at radius 2 is 1.64 bits per heavy atom. The summed E-state index contributed by atoms with van der Waals surface area (Å²) in [5, 5.41) is 0. The number of amides is 2. The van der Waals surface area contributed by atoms with E-state index in [1.165, 1.54) is 0 Å². The molecule has 1 fully saturated rings. The van der Waals surface area contributed by atoms with E-state index in [-0.39, 0.29) is 11.8 Å². The van der Waals surface area contributed by atoms with Crippen LogP contribution in [0.5, 0.6) is 0 Å². The van der Waals surface area contributed by atoms with Crippen molar-refractivity contribution in [1.29, 1.82) is 0 Å². The van der Waals surface area contributed by atoms with Crippen LogP contribution in [0.15, 0.2) is 54.6 Å². The van der Waals surface area contributed by atoms with Crippen molar-refractivity contribution in [2.24, 2.45) is 17.1 Å². The van der Waals surface area contributed by atoms with E-state index in [1.807, 2.05) is 29.2 Å². The zero-order valence-corrected chi connectivity index (χ0v) is 16.9. The number of nitrogens with two attached hydrogens (primary N) is 1. The van der Waals surface area contributed by atoms with Crippen LogP contribution >= 0.6 is 0 Å². The molecule has 3 rings (SSSR count). The van der Waals surface area contributed by atoms with E-state index in [0.29, 0.717) is 44.7 Å². The highest BCUT2D eigenvalue weighted by Crippen LogP contribution is 2.36. The number of primary amides is 1. The van der Waals surface area contributed by atoms with Crippen LogP contribution in [0, 0.1) is 11.3 Å². The summed E-state index contributed by atoms with van der Waals surface area (Å²) in [6.07, 6.45) is 2.43. The SMILES string of the molecule is CC(C)CC(=O)N1CCC(Cc2cccc(-c3ccccc3)c2)(C(N)=O)CC1. The lowest BCUT2D eigenvalue weighted by molar-refractivity contribution is -0.139. The van der Waals surface area contributed by atoms with Crippen LogP contribution in [0.1, 0.15) is 38.7 Å². The van der Waals surface area contributed by atoms with Gasteiger partial charge in [-0.15, -0.1) is 0 Å². The molecule has 28 heavy (non-hydrogen) atoms. The molecule has 0 aromatic heterocycles. The van der Waals surface area contributed by atoms with Gasteiger partial charge < -0.3 is 10.6 Å². The molecule has 2 N–H and O–H groups in total. The summed E-state index contributed by atoms with van der Waals surface area (Å²) in [6.45, 7) is 5.31. The Kier molecular flexibility index (Phi) is 6.18. The average molecular weight is 379 g/mol. The predicted molar refractivity (Wildman–Crippen MR) is 112 cm³/mol. The molecule has 0 atom stereocenters. The van der Waals surface area contributed by atoms with Gasteiger partial charge in [-0.05, 0) is 41.9 Å². The van der Waals surface area contributed by atoms with Crippen LogP contribution in [0.2, 0.25) is 0 Å². The molecular formula is C24H30N2O2. The maximum absolute atomic E-state index is 12.4. The van der Waals surface area contributed by atoms with Gasteiger partial charge in [0.2, 0.25) is 11.8 Å². The molecule has 0 bridgehead atoms. The van der Waals surface area contributed by atoms with Crippen molar-refractivity contribution in [3.8, 4) is 11.1 Å². The summed E-state index contributed by atoms with van der Waals surface area (Å²) in [7, 11) is 0. The van der Waals surface area contributed by atoms with Gasteiger partial charge in [0.25, 0.3) is 0 Å². The Morgan fingerprint density at radius 1 is 1.00 bits per heavy atom. The minimum atomic E-state index is -0.579. The molecule has 2 amide bonds. The summed E-state index contributed by atoms with van der Waals surface area (Å²) < 4.78 is 0. The Labute approximate surface area is 167 Å². The molecule has 1 saturated heterocycles. The zero-order valence-electron chi connectivity index (χ0n) is 16.9. The number of hydrogen-bond donors (Lipinski definition) is 1. The summed E-state index contributed by atoms with van der Waals surface area (Å²) >= 11 is 0. The first kappa shape index (κ1) is 20.1. The van der Waals surface area contributed by atoms with Gasteiger partial charge in [-0.3, -0.25) is 9.59 Å². The zero-order chi connectivity index (χ0) is 20.1. The van der Waals surface area contributed by atoms with E-state index in [1.54, 1.807) is 0 Å². The molecule has 1 aliphatic heterocycles. The van der Waals surface area contributed by atoms with Gasteiger partial charge in [0.05, 0.1) is 5.41 Å². The summed E-state index contributed by atoms with van der Waals surface area (Å²) in [5.74, 6) is 0.267. The van der Waals surface area contributed by atoms with Gasteiger partial charge in [-0.1, -0.05) is 68.4 Å². The topological polar surface area (TPSA) is 63.4 Å². The Bertz CT molecular complexity index is 822. The molecule has 1 aliphatic rings. The smallest absolute Gasteiger partial charge is 0.224 e. The van der Waals surface area contributed by atoms with Crippen molar-refractivity contribution < 1.29 is 9.59 Å². The number of nitrogens with zero attached hydrogens (tertiary/aromatic N) is 1. The van der Waals surface area contributed by atoms with E-state index in [0.717, 1.165) is 16.7 Å². The van der Waals surface area contributed by atoms with Gasteiger partial charge in [0.1, 0.15) is 0 Å². The van der Waals surface area contributed by atoms with Gasteiger partial charge >= 0.3 is 0 Å². The van der Waals surface area contributed by atoms with Crippen molar-refractivity contribution in [3.05, 3.63) is 60.2 Å². The second-order valence-electron chi connectivity index (χ2n) is 8.37. The second-order valence-corrected chi connectivity index (χ2v) is 8.37. The van der Waals surface area contributed by atoms with E-state index >= 15 is 0 Å². The number of carbonyl (C=O) groups is 2. The first-order valence-corrected chi connectivity index (χ1v) is 10.1. The van der Waals surface area contributed by atoms with Gasteiger partial charge in [0.15, 0.2) is 0 Å². The fourth-order valence-corrected chi connectivity index (χ4v) is 4.05. The lowest BCUT2D eigenvalue weighted by atomic mass is 9.73. The lowest BCUT2D eigenvalue weighted by Gasteiger charge is -2.40. The van der Waals surface area contributed by atoms with Crippen LogP contribution < -0.4 is 5.73 Å². The van der Waals surface area contributed by atoms with Crippen molar-refractivity contribution in [1.82, 2.24) is 4.90 Å². The first-order chi connectivity index (χ1) is 13.4. The van der Waals surface area contributed by atoms with E-state index in [2.05, 4.69) is 44.2 Å². The van der Waals surface area contributed by atoms with Crippen molar-refractivity contribution in [3.63, 3.8) is 0 Å². The highest BCUT2D eigenvalue weighted by molar-refractivity contribution is 5.82. The minimum Gasteiger partial charge on any atom is -0.369 e. The number of hydrogen-bond acceptors (Lipinski definition) is 2. The minimum absolute atomic E-state index is 0.180. The Morgan fingerprint density at radius 3 is 2.25 bits per heavy atom. The number of piperidine rings is 1. The number of rotatable bonds is 6. The Hall–Kier alpha value is -2.62. The molecule has 2 aromatic rings. The molecular weight excluding hydrogens is 348 g/mol. The third kappa shape index (κ3) is 4.61. The highest BCUT2D eigenvalue weighted by Gasteiger charge is 2.40. The fourth-order valence-electron chi connectivity index (χ4n) is 4.05. The number of carbonyl (C=O) groups excluding carboxylic acids is 2. The molecule has 1 heterocycles. The maximum Gasteiger partial charge on any atom is 0.224 e. The van der Waals surface area contributed by atoms with E-state index < -0.39 is 5.41 Å². The Balaban J connectivity index is 1.74. The summed E-state index contributed by atoms with van der Waals surface area (Å²) in [4.78, 5) is 26.7. The molecule has 0 aliphatic carbocycles. The van der Waals surface area contributed by atoms with Crippen LogP contribution in [0.4, 0.5) is 0 Å². The van der Waals surface area contributed by atoms with Crippen LogP contribution in [-0.4, -0.2) is 29.8 Å². The summed E-state index contributed by atoms with van der Waals surface area (Å²) in [6, 6.07) is 18.6. The number of benzene rings is 2. The third-order valence-corrected chi connectivity index (χ3v) is 5.76. The van der Waals surface area contributed by atoms with Crippen molar-refractivity contribution >= 4 is 11.8 Å². The standard InChI is InChI=1S/C24H30N2O2/c1-18(2)15-22(27)26-13-11-24(12-14-26,23(25)28)17-19-7-6-10-21(16-19)20-8-4-3-5-9-20/h3-10,16,18H,11-15,17H2,1-2H3,(H2,25,28). The van der Waals surface area contributed by atoms with Crippen LogP contribution in [0.3, 0.4) is 0 Å². The van der Waals surface area contributed by atoms with E-state index in [9.17, 15) is 9.59 Å². The second kappa shape index (κ2) is 8.59. The molecule has 148 valence electrons. The maximum atomic E-state index is 12.4. The highest BCUT2D eigenvalue weighted by atomic mass is 16.2. The van der Waals surface area contributed by atoms with Gasteiger partial charge in [0, 0.05) is 19.5 Å². The molecule has 0 saturated carbocycles. The summed E-state index contributed by atoms with van der Waals surface area (Å²) in [5.41, 5.74) is 8.69. The van der Waals surface area contributed by atoms with Gasteiger partial charge in [-0.2, -0.15) is 0 Å². The molecule has 4 heteroatoms. The van der Waals surface area contributed by atoms with Crippen molar-refractivity contribution in [2.75, 3.05) is 13.1 Å². The fraction of sp³-hybridized carbons (Fsp3) is 0.417. The van der Waals surface area contributed by atoms with Gasteiger partial charge in [-0.25, -0.2) is 0 Å². The van der Waals surface area contributed by atoms with E-state index in [4.69, 9.17) is 5.73 Å². The number of likely N-dealkylation sites (tertiary alicyclic amines) is 1. The van der Waals surface area contributed by atoms with Crippen LogP contribution in [-0.2, 0) is 16.0 Å². The lowest BCUT2D eigenvalue weighted by Crippen LogP contribution is -2.50. The first-order valence-electron chi connectivity index (χ1n) is 10.1. The average Bonchev–Trinajstić information content (AvgIpc) is 2.69. The predicted octanol–water partition coefficient (Wildman–Crippen LogP) is 4.04. The van der Waals surface area contributed by atoms with Crippen molar-refractivity contribution in [2.45, 2.75) is 39.5 Å². The molecule has 0 unspecified atom stereocenters. The third-order valence-electron chi connectivity index (χ3n) is 5.76. The normalized spacial score (nSPS) is 16.2. The molecule has 0 spiro atoms.